The van der Waals surface area contributed by atoms with Crippen LogP contribution in [0.2, 0.25) is 0 Å². The molecule has 2 N–H and O–H groups in total. The number of H-pyrrole nitrogens is 1. The van der Waals surface area contributed by atoms with E-state index in [0.717, 1.165) is 15.3 Å². The number of sulfone groups is 1. The lowest BCUT2D eigenvalue weighted by molar-refractivity contribution is 0.590. The second-order valence-corrected chi connectivity index (χ2v) is 8.57. The van der Waals surface area contributed by atoms with Crippen LogP contribution in [0.5, 0.6) is 0 Å². The smallest absolute Gasteiger partial charge is 0.259 e. The van der Waals surface area contributed by atoms with Crippen LogP contribution in [0.1, 0.15) is 23.2 Å². The van der Waals surface area contributed by atoms with Gasteiger partial charge in [-0.05, 0) is 19.4 Å². The van der Waals surface area contributed by atoms with Crippen molar-refractivity contribution < 1.29 is 8.42 Å². The average molecular weight is 329 g/mol. The Morgan fingerprint density at radius 2 is 2.05 bits per heavy atom. The lowest BCUT2D eigenvalue weighted by Crippen LogP contribution is -2.25. The van der Waals surface area contributed by atoms with Crippen molar-refractivity contribution in [3.05, 3.63) is 26.6 Å². The molecule has 0 atom stereocenters. The van der Waals surface area contributed by atoms with Crippen LogP contribution in [0.4, 0.5) is 0 Å². The van der Waals surface area contributed by atoms with E-state index >= 15 is 0 Å². The minimum absolute atomic E-state index is 0.0905. The molecule has 2 aromatic heterocycles. The summed E-state index contributed by atoms with van der Waals surface area (Å²) in [7, 11) is -2.97. The third kappa shape index (κ3) is 3.69. The Morgan fingerprint density at radius 3 is 2.71 bits per heavy atom. The van der Waals surface area contributed by atoms with Gasteiger partial charge < -0.3 is 10.3 Å². The minimum Gasteiger partial charge on any atom is -0.309 e. The predicted molar refractivity (Wildman–Crippen MR) is 85.7 cm³/mol. The summed E-state index contributed by atoms with van der Waals surface area (Å²) in [5.74, 6) is 0.763. The Labute approximate surface area is 127 Å². The summed E-state index contributed by atoms with van der Waals surface area (Å²) < 4.78 is 22.7. The van der Waals surface area contributed by atoms with Gasteiger partial charge in [0, 0.05) is 17.2 Å². The molecule has 0 bridgehead atoms. The predicted octanol–water partition coefficient (Wildman–Crippen LogP) is 1.13. The molecule has 6 nitrogen and oxygen atoms in total. The number of aromatic nitrogens is 2. The number of aryl methyl sites for hydroxylation is 2. The molecular weight excluding hydrogens is 310 g/mol. The van der Waals surface area contributed by atoms with E-state index in [1.807, 2.05) is 13.8 Å². The van der Waals surface area contributed by atoms with Crippen LogP contribution in [0.3, 0.4) is 0 Å². The fourth-order valence-corrected chi connectivity index (χ4v) is 3.75. The second kappa shape index (κ2) is 6.25. The number of nitrogens with zero attached hydrogens (tertiary/aromatic N) is 1. The molecule has 0 fully saturated rings. The van der Waals surface area contributed by atoms with Crippen LogP contribution < -0.4 is 10.9 Å². The third-order valence-corrected chi connectivity index (χ3v) is 6.22. The quantitative estimate of drug-likeness (QED) is 0.775. The van der Waals surface area contributed by atoms with Gasteiger partial charge in [-0.2, -0.15) is 0 Å². The van der Waals surface area contributed by atoms with E-state index in [-0.39, 0.29) is 17.1 Å². The molecule has 2 heterocycles. The van der Waals surface area contributed by atoms with Crippen molar-refractivity contribution >= 4 is 31.4 Å². The maximum Gasteiger partial charge on any atom is 0.259 e. The van der Waals surface area contributed by atoms with E-state index in [0.29, 0.717) is 24.3 Å². The monoisotopic (exact) mass is 329 g/mol. The summed E-state index contributed by atoms with van der Waals surface area (Å²) in [6.45, 7) is 6.21. The topological polar surface area (TPSA) is 91.9 Å². The van der Waals surface area contributed by atoms with Gasteiger partial charge in [0.1, 0.15) is 10.7 Å². The lowest BCUT2D eigenvalue weighted by atomic mass is 10.2. The van der Waals surface area contributed by atoms with Crippen molar-refractivity contribution in [3.63, 3.8) is 0 Å². The number of rotatable bonds is 6. The molecule has 0 aromatic carbocycles. The standard InChI is InChI=1S/C13H19N3O3S2/c1-4-21(18,19)6-5-14-7-10-15-12(17)11-8(2)9(3)20-13(11)16-10/h14H,4-7H2,1-3H3,(H,15,16,17). The maximum absolute atomic E-state index is 12.1. The Morgan fingerprint density at radius 1 is 1.33 bits per heavy atom. The molecule has 0 amide bonds. The van der Waals surface area contributed by atoms with Crippen LogP contribution in [-0.4, -0.2) is 36.4 Å². The minimum atomic E-state index is -2.97. The van der Waals surface area contributed by atoms with Crippen LogP contribution in [0.25, 0.3) is 10.2 Å². The molecule has 2 aromatic rings. The summed E-state index contributed by atoms with van der Waals surface area (Å²) in [6, 6.07) is 0. The molecule has 0 aliphatic heterocycles. The Kier molecular flexibility index (Phi) is 4.80. The third-order valence-electron chi connectivity index (χ3n) is 3.41. The van der Waals surface area contributed by atoms with Crippen molar-refractivity contribution in [1.29, 1.82) is 0 Å². The normalized spacial score (nSPS) is 12.1. The van der Waals surface area contributed by atoms with Crippen LogP contribution >= 0.6 is 11.3 Å². The molecule has 0 saturated carbocycles. The van der Waals surface area contributed by atoms with Gasteiger partial charge >= 0.3 is 0 Å². The first kappa shape index (κ1) is 16.1. The van der Waals surface area contributed by atoms with E-state index in [1.54, 1.807) is 6.92 Å². The van der Waals surface area contributed by atoms with Crippen LogP contribution in [-0.2, 0) is 16.4 Å². The first-order valence-electron chi connectivity index (χ1n) is 6.74. The lowest BCUT2D eigenvalue weighted by Gasteiger charge is -2.04. The molecule has 0 radical (unpaired) electrons. The zero-order valence-electron chi connectivity index (χ0n) is 12.3. The van der Waals surface area contributed by atoms with E-state index in [2.05, 4.69) is 15.3 Å². The Bertz CT molecular complexity index is 806. The highest BCUT2D eigenvalue weighted by molar-refractivity contribution is 7.91. The number of hydrogen-bond acceptors (Lipinski definition) is 6. The largest absolute Gasteiger partial charge is 0.309 e. The summed E-state index contributed by atoms with van der Waals surface area (Å²) in [6.07, 6.45) is 0. The maximum atomic E-state index is 12.1. The molecule has 0 unspecified atom stereocenters. The number of thiophene rings is 1. The fourth-order valence-electron chi connectivity index (χ4n) is 1.96. The van der Waals surface area contributed by atoms with Gasteiger partial charge in [0.2, 0.25) is 0 Å². The molecule has 0 aliphatic rings. The van der Waals surface area contributed by atoms with Gasteiger partial charge in [0.25, 0.3) is 5.56 Å². The number of fused-ring (bicyclic) bond motifs is 1. The van der Waals surface area contributed by atoms with Crippen LogP contribution in [0, 0.1) is 13.8 Å². The molecule has 0 spiro atoms. The van der Waals surface area contributed by atoms with Gasteiger partial charge in [-0.25, -0.2) is 13.4 Å². The Hall–Kier alpha value is -1.25. The zero-order chi connectivity index (χ0) is 15.6. The van der Waals surface area contributed by atoms with E-state index < -0.39 is 9.84 Å². The molecule has 116 valence electrons. The second-order valence-electron chi connectivity index (χ2n) is 4.89. The first-order chi connectivity index (χ1) is 9.84. The molecule has 0 aliphatic carbocycles. The highest BCUT2D eigenvalue weighted by Crippen LogP contribution is 2.25. The van der Waals surface area contributed by atoms with E-state index in [9.17, 15) is 13.2 Å². The van der Waals surface area contributed by atoms with Gasteiger partial charge in [-0.3, -0.25) is 4.79 Å². The fraction of sp³-hybridized carbons (Fsp3) is 0.538. The number of nitrogens with one attached hydrogen (secondary N) is 2. The highest BCUT2D eigenvalue weighted by atomic mass is 32.2. The molecule has 21 heavy (non-hydrogen) atoms. The van der Waals surface area contributed by atoms with Gasteiger partial charge in [0.15, 0.2) is 9.84 Å². The van der Waals surface area contributed by atoms with E-state index in [1.165, 1.54) is 11.3 Å². The van der Waals surface area contributed by atoms with Gasteiger partial charge in [-0.1, -0.05) is 6.92 Å². The van der Waals surface area contributed by atoms with Gasteiger partial charge in [-0.15, -0.1) is 11.3 Å². The molecular formula is C13H19N3O3S2. The van der Waals surface area contributed by atoms with E-state index in [4.69, 9.17) is 0 Å². The molecule has 2 rings (SSSR count). The summed E-state index contributed by atoms with van der Waals surface area (Å²) in [4.78, 5) is 21.0. The molecule has 0 saturated heterocycles. The van der Waals surface area contributed by atoms with Crippen molar-refractivity contribution in [1.82, 2.24) is 15.3 Å². The van der Waals surface area contributed by atoms with Crippen LogP contribution in [0.15, 0.2) is 4.79 Å². The van der Waals surface area contributed by atoms with Crippen molar-refractivity contribution in [2.45, 2.75) is 27.3 Å². The van der Waals surface area contributed by atoms with Crippen molar-refractivity contribution in [2.75, 3.05) is 18.1 Å². The molecule has 8 heteroatoms. The van der Waals surface area contributed by atoms with Gasteiger partial charge in [0.05, 0.1) is 17.7 Å². The highest BCUT2D eigenvalue weighted by Gasteiger charge is 2.12. The summed E-state index contributed by atoms with van der Waals surface area (Å²) in [5, 5.41) is 3.65. The zero-order valence-corrected chi connectivity index (χ0v) is 13.9. The average Bonchev–Trinajstić information content (AvgIpc) is 2.70. The summed E-state index contributed by atoms with van der Waals surface area (Å²) in [5.41, 5.74) is 0.831. The number of aromatic amines is 1. The first-order valence-corrected chi connectivity index (χ1v) is 9.38. The SMILES string of the molecule is CCS(=O)(=O)CCNCc1nc2sc(C)c(C)c2c(=O)[nH]1. The number of hydrogen-bond donors (Lipinski definition) is 2. The summed E-state index contributed by atoms with van der Waals surface area (Å²) >= 11 is 1.50. The van der Waals surface area contributed by atoms with Crippen molar-refractivity contribution in [3.8, 4) is 0 Å². The van der Waals surface area contributed by atoms with Crippen molar-refractivity contribution in [2.24, 2.45) is 0 Å². The Balaban J connectivity index is 2.09.